The fourth-order valence-corrected chi connectivity index (χ4v) is 8.43. The van der Waals surface area contributed by atoms with Crippen LogP contribution in [0, 0.1) is 0 Å². The van der Waals surface area contributed by atoms with Crippen LogP contribution in [-0.2, 0) is 21.7 Å². The lowest BCUT2D eigenvalue weighted by Gasteiger charge is -2.40. The molecule has 4 aromatic rings. The van der Waals surface area contributed by atoms with E-state index >= 15 is 0 Å². The van der Waals surface area contributed by atoms with Gasteiger partial charge in [0.15, 0.2) is 0 Å². The van der Waals surface area contributed by atoms with Crippen molar-refractivity contribution in [3.63, 3.8) is 0 Å². The van der Waals surface area contributed by atoms with Gasteiger partial charge in [-0.25, -0.2) is 0 Å². The summed E-state index contributed by atoms with van der Waals surface area (Å²) >= 11 is 0. The molecule has 0 unspecified atom stereocenters. The molecule has 168 valence electrons. The topological polar surface area (TPSA) is 0 Å². The zero-order valence-corrected chi connectivity index (χ0v) is 21.6. The molecule has 0 bridgehead atoms. The van der Waals surface area contributed by atoms with Gasteiger partial charge >= 0.3 is 0 Å². The summed E-state index contributed by atoms with van der Waals surface area (Å²) in [6, 6.07) is 19.4. The van der Waals surface area contributed by atoms with Gasteiger partial charge in [-0.1, -0.05) is 104 Å². The number of benzene rings is 4. The summed E-state index contributed by atoms with van der Waals surface area (Å²) in [5.41, 5.74) is 18.2. The lowest BCUT2D eigenvalue weighted by atomic mass is 9.62. The van der Waals surface area contributed by atoms with E-state index in [-0.39, 0.29) is 21.7 Å². The molecule has 0 aromatic heterocycles. The summed E-state index contributed by atoms with van der Waals surface area (Å²) in [5, 5.41) is 3.10. The van der Waals surface area contributed by atoms with Gasteiger partial charge in [-0.2, -0.15) is 0 Å². The van der Waals surface area contributed by atoms with Crippen molar-refractivity contribution in [3.05, 3.63) is 93.0 Å². The second-order valence-corrected chi connectivity index (χ2v) is 13.4. The summed E-state index contributed by atoms with van der Waals surface area (Å²) in [7, 11) is 0. The van der Waals surface area contributed by atoms with Crippen molar-refractivity contribution in [1.82, 2.24) is 0 Å². The Labute approximate surface area is 203 Å². The van der Waals surface area contributed by atoms with Crippen molar-refractivity contribution in [2.75, 3.05) is 0 Å². The molecule has 0 saturated carbocycles. The molecule has 4 aliphatic rings. The van der Waals surface area contributed by atoms with E-state index in [1.807, 2.05) is 0 Å². The van der Waals surface area contributed by atoms with Gasteiger partial charge in [0.05, 0.1) is 0 Å². The highest BCUT2D eigenvalue weighted by Crippen LogP contribution is 2.66. The first-order valence-electron chi connectivity index (χ1n) is 12.9. The third kappa shape index (κ3) is 1.68. The molecule has 0 amide bonds. The van der Waals surface area contributed by atoms with Crippen LogP contribution >= 0.6 is 0 Å². The molecule has 0 aliphatic heterocycles. The van der Waals surface area contributed by atoms with E-state index in [1.165, 1.54) is 66.8 Å². The van der Waals surface area contributed by atoms with Crippen molar-refractivity contribution in [2.24, 2.45) is 0 Å². The summed E-state index contributed by atoms with van der Waals surface area (Å²) in [6.45, 7) is 19.6. The zero-order valence-electron chi connectivity index (χ0n) is 21.6. The first-order chi connectivity index (χ1) is 15.9. The van der Waals surface area contributed by atoms with Gasteiger partial charge in [-0.15, -0.1) is 0 Å². The Kier molecular flexibility index (Phi) is 2.89. The molecule has 0 heterocycles. The maximum Gasteiger partial charge on any atom is 0.0159 e. The third-order valence-electron chi connectivity index (χ3n) is 10.4. The van der Waals surface area contributed by atoms with Crippen LogP contribution in [-0.4, -0.2) is 0 Å². The molecule has 34 heavy (non-hydrogen) atoms. The lowest BCUT2D eigenvalue weighted by Crippen LogP contribution is -2.28. The molecule has 4 aromatic carbocycles. The number of hydrogen-bond acceptors (Lipinski definition) is 0. The average molecular weight is 441 g/mol. The van der Waals surface area contributed by atoms with Crippen molar-refractivity contribution >= 4 is 10.8 Å². The molecule has 0 nitrogen and oxygen atoms in total. The predicted molar refractivity (Wildman–Crippen MR) is 143 cm³/mol. The summed E-state index contributed by atoms with van der Waals surface area (Å²) in [4.78, 5) is 0. The van der Waals surface area contributed by atoms with Crippen LogP contribution in [0.25, 0.3) is 33.0 Å². The molecule has 0 saturated heterocycles. The number of rotatable bonds is 0. The predicted octanol–water partition coefficient (Wildman–Crippen LogP) is 8.73. The first-order valence-corrected chi connectivity index (χ1v) is 12.9. The third-order valence-corrected chi connectivity index (χ3v) is 10.4. The van der Waals surface area contributed by atoms with E-state index in [0.29, 0.717) is 0 Å². The van der Waals surface area contributed by atoms with Crippen LogP contribution in [0.3, 0.4) is 0 Å². The second kappa shape index (κ2) is 5.06. The minimum absolute atomic E-state index is 0.0134. The standard InChI is InChI=1S/C34H32/c1-31(2)17-11-9-13-19-25(17)27-21(31)15-23-30-28-22(16-24(29(27)30)33(19,5)6)32(3,4)18-12-10-14-20(26(18)28)34(23,7)8/h9-16H,1-8H3. The second-order valence-electron chi connectivity index (χ2n) is 13.4. The summed E-state index contributed by atoms with van der Waals surface area (Å²) < 4.78 is 0. The van der Waals surface area contributed by atoms with Crippen molar-refractivity contribution < 1.29 is 0 Å². The molecular formula is C34H32. The zero-order chi connectivity index (χ0) is 23.7. The monoisotopic (exact) mass is 440 g/mol. The van der Waals surface area contributed by atoms with Gasteiger partial charge < -0.3 is 0 Å². The highest BCUT2D eigenvalue weighted by molar-refractivity contribution is 6.18. The Morgan fingerprint density at radius 1 is 0.353 bits per heavy atom. The van der Waals surface area contributed by atoms with Gasteiger partial charge in [0.1, 0.15) is 0 Å². The van der Waals surface area contributed by atoms with Crippen LogP contribution in [0.4, 0.5) is 0 Å². The minimum atomic E-state index is -0.0288. The fraction of sp³-hybridized carbons (Fsp3) is 0.353. The summed E-state index contributed by atoms with van der Waals surface area (Å²) in [5.74, 6) is 0. The molecule has 0 N–H and O–H groups in total. The fourth-order valence-electron chi connectivity index (χ4n) is 8.43. The Morgan fingerprint density at radius 2 is 0.647 bits per heavy atom. The van der Waals surface area contributed by atoms with E-state index in [9.17, 15) is 0 Å². The molecule has 4 aliphatic carbocycles. The van der Waals surface area contributed by atoms with Crippen LogP contribution in [0.1, 0.15) is 99.9 Å². The Morgan fingerprint density at radius 3 is 0.971 bits per heavy atom. The quantitative estimate of drug-likeness (QED) is 0.256. The molecule has 0 fully saturated rings. The smallest absolute Gasteiger partial charge is 0.0159 e. The van der Waals surface area contributed by atoms with E-state index in [2.05, 4.69) is 104 Å². The van der Waals surface area contributed by atoms with Gasteiger partial charge in [-0.3, -0.25) is 0 Å². The molecule has 0 atom stereocenters. The molecular weight excluding hydrogens is 408 g/mol. The van der Waals surface area contributed by atoms with Crippen molar-refractivity contribution in [3.8, 4) is 22.3 Å². The Balaban J connectivity index is 1.73. The molecule has 0 heteroatoms. The minimum Gasteiger partial charge on any atom is -0.0616 e. The molecule has 0 spiro atoms. The van der Waals surface area contributed by atoms with E-state index in [0.717, 1.165) is 0 Å². The van der Waals surface area contributed by atoms with Gasteiger partial charge in [0, 0.05) is 21.7 Å². The summed E-state index contributed by atoms with van der Waals surface area (Å²) in [6.07, 6.45) is 0. The Bertz CT molecular complexity index is 1560. The largest absolute Gasteiger partial charge is 0.0616 e. The SMILES string of the molecule is CC1(C)c2cccc3c2-c2c1cc1c4c5c(cc(c24)C3(C)C)C(C)(C)c2cccc(c2-5)C1(C)C. The maximum atomic E-state index is 2.62. The van der Waals surface area contributed by atoms with E-state index in [1.54, 1.807) is 10.8 Å². The van der Waals surface area contributed by atoms with E-state index < -0.39 is 0 Å². The van der Waals surface area contributed by atoms with Crippen molar-refractivity contribution in [1.29, 1.82) is 0 Å². The van der Waals surface area contributed by atoms with Crippen LogP contribution in [0.2, 0.25) is 0 Å². The normalized spacial score (nSPS) is 21.3. The van der Waals surface area contributed by atoms with Gasteiger partial charge in [0.2, 0.25) is 0 Å². The van der Waals surface area contributed by atoms with Gasteiger partial charge in [0.25, 0.3) is 0 Å². The molecule has 8 rings (SSSR count). The maximum absolute atomic E-state index is 2.62. The lowest BCUT2D eigenvalue weighted by molar-refractivity contribution is 0.624. The number of hydrogen-bond donors (Lipinski definition) is 0. The highest BCUT2D eigenvalue weighted by Gasteiger charge is 2.51. The molecule has 0 radical (unpaired) electrons. The Hall–Kier alpha value is -2.86. The highest BCUT2D eigenvalue weighted by atomic mass is 14.5. The average Bonchev–Trinajstić information content (AvgIpc) is 3.16. The van der Waals surface area contributed by atoms with Gasteiger partial charge in [-0.05, 0) is 77.5 Å². The first kappa shape index (κ1) is 19.4. The van der Waals surface area contributed by atoms with Crippen LogP contribution in [0.5, 0.6) is 0 Å². The van der Waals surface area contributed by atoms with Crippen molar-refractivity contribution in [2.45, 2.75) is 77.0 Å². The van der Waals surface area contributed by atoms with E-state index in [4.69, 9.17) is 0 Å². The van der Waals surface area contributed by atoms with Crippen LogP contribution in [0.15, 0.2) is 48.5 Å². The van der Waals surface area contributed by atoms with Crippen LogP contribution < -0.4 is 0 Å².